The quantitative estimate of drug-likeness (QED) is 0.0306. The Bertz CT molecular complexity index is 3860. The predicted octanol–water partition coefficient (Wildman–Crippen LogP) is 8.94. The molecule has 0 amide bonds. The number of hydrogen-bond donors (Lipinski definition) is 4. The number of fused-ring (bicyclic) bond motifs is 8. The Morgan fingerprint density at radius 3 is 0.660 bits per heavy atom. The third-order valence-electron chi connectivity index (χ3n) is 16.9. The van der Waals surface area contributed by atoms with Crippen molar-refractivity contribution >= 4 is 86.5 Å². The summed E-state index contributed by atoms with van der Waals surface area (Å²) in [6.45, 7) is 25.6. The largest absolute Gasteiger partial charge is 4.00 e. The standard InChI is InChI=1S/C68H84N12O8S4.O.V/c1-9-77(10-2)45-41-69-89(81,82)53-25-17-49(18-26-53)65-57-33-35-59(73-57)66(50-19-27-54(28-20-50)90(83,84)70-42-46-78(11-3)12-4)61-37-39-63(75-61)68(52-23-31-56(32-24-52)92(87,88)72-44-48-80(15-7)16-8)64-40-38-62(76-64)67(60-36-34-58(65)74-60)51-21-29-55(30-22-51)91(85,86)71-43-47-79(13-5)14-6;;/h17-40,69-72H,9-16,41-48H2,1-8H3;;/q2*-2;+4. The SMILES string of the molecule is CCN(CC)CCNS(=O)(=O)c1ccc(-c2c3nc(c(-c4ccc(S(=O)(=O)NCCN(CC)CC)cc4)c4ccc([n-]4)c(-c4ccc(S(=O)(=O)NCCN(CC)CC)cc4)c4nc(c(-c5ccc(S(=O)(=O)NCCN(CC)CC)cc5)c5ccc2[n-]5)C=C4)C=C3)cc1.[O-2].[V+4]. The summed E-state index contributed by atoms with van der Waals surface area (Å²) >= 11 is 0. The van der Waals surface area contributed by atoms with Crippen LogP contribution in [0.4, 0.5) is 0 Å². The second-order valence-electron chi connectivity index (χ2n) is 22.2. The number of nitrogens with one attached hydrogen (secondary N) is 4. The van der Waals surface area contributed by atoms with E-state index in [4.69, 9.17) is 19.9 Å². The first-order valence-corrected chi connectivity index (χ1v) is 37.5. The van der Waals surface area contributed by atoms with Crippen molar-refractivity contribution in [2.75, 3.05) is 105 Å². The molecule has 4 aromatic carbocycles. The van der Waals surface area contributed by atoms with E-state index in [-0.39, 0.29) is 69.8 Å². The molecule has 0 fully saturated rings. The molecule has 26 heteroatoms. The molecule has 0 saturated carbocycles. The summed E-state index contributed by atoms with van der Waals surface area (Å²) in [6, 6.07) is 33.7. The van der Waals surface area contributed by atoms with Crippen LogP contribution >= 0.6 is 0 Å². The average Bonchev–Trinajstić information content (AvgIpc) is 1.59. The molecule has 3 aromatic heterocycles. The molecule has 9 rings (SSSR count). The van der Waals surface area contributed by atoms with Gasteiger partial charge in [0.05, 0.1) is 42.4 Å². The molecule has 0 aliphatic carbocycles. The smallest absolute Gasteiger partial charge is 2.00 e. The predicted molar refractivity (Wildman–Crippen MR) is 371 cm³/mol. The number of likely N-dealkylation sites (N-methyl/N-ethyl adjacent to an activating group) is 4. The Balaban J connectivity index is 0.00000625. The van der Waals surface area contributed by atoms with Crippen LogP contribution in [-0.2, 0) is 64.1 Å². The van der Waals surface area contributed by atoms with Crippen molar-refractivity contribution in [1.29, 1.82) is 0 Å². The fourth-order valence-electron chi connectivity index (χ4n) is 11.3. The minimum Gasteiger partial charge on any atom is -2.00 e. The number of aromatic nitrogens is 4. The molecule has 0 saturated heterocycles. The molecule has 2 aliphatic heterocycles. The monoisotopic (exact) mass is 1390 g/mol. The average molecular weight is 1390 g/mol. The Labute approximate surface area is 567 Å². The maximum absolute atomic E-state index is 13.8. The molecule has 1 radical (unpaired) electrons. The summed E-state index contributed by atoms with van der Waals surface area (Å²) in [6.07, 6.45) is 7.43. The Morgan fingerprint density at radius 2 is 0.489 bits per heavy atom. The van der Waals surface area contributed by atoms with E-state index in [1.807, 2.05) is 104 Å². The van der Waals surface area contributed by atoms with E-state index in [0.29, 0.717) is 116 Å². The Kier molecular flexibility index (Phi) is 26.6. The first-order chi connectivity index (χ1) is 44.2. The van der Waals surface area contributed by atoms with Crippen molar-refractivity contribution in [1.82, 2.24) is 58.4 Å². The summed E-state index contributed by atoms with van der Waals surface area (Å²) in [4.78, 5) is 30.2. The van der Waals surface area contributed by atoms with E-state index < -0.39 is 40.1 Å². The van der Waals surface area contributed by atoms with Gasteiger partial charge in [-0.3, -0.25) is 0 Å². The molecule has 499 valence electrons. The molecule has 0 spiro atoms. The minimum absolute atomic E-state index is 0. The Morgan fingerprint density at radius 1 is 0.309 bits per heavy atom. The van der Waals surface area contributed by atoms with Gasteiger partial charge in [-0.15, -0.1) is 22.1 Å². The molecule has 21 nitrogen and oxygen atoms in total. The van der Waals surface area contributed by atoms with Gasteiger partial charge in [0.25, 0.3) is 0 Å². The van der Waals surface area contributed by atoms with Gasteiger partial charge < -0.3 is 35.0 Å². The molecule has 5 heterocycles. The molecule has 4 N–H and O–H groups in total. The van der Waals surface area contributed by atoms with E-state index in [1.165, 1.54) is 0 Å². The fourth-order valence-corrected chi connectivity index (χ4v) is 15.4. The molecule has 0 atom stereocenters. The molecule has 7 aromatic rings. The maximum Gasteiger partial charge on any atom is 4.00 e. The van der Waals surface area contributed by atoms with Crippen molar-refractivity contribution in [3.05, 3.63) is 144 Å². The van der Waals surface area contributed by atoms with E-state index >= 15 is 0 Å². The number of sulfonamides is 4. The zero-order valence-corrected chi connectivity index (χ0v) is 59.2. The molecule has 8 bridgehead atoms. The molecular weight excluding hydrogens is 1310 g/mol. The van der Waals surface area contributed by atoms with Gasteiger partial charge in [0, 0.05) is 52.4 Å². The molecule has 2 aliphatic rings. The van der Waals surface area contributed by atoms with E-state index in [9.17, 15) is 33.7 Å². The van der Waals surface area contributed by atoms with Crippen LogP contribution in [0.15, 0.2) is 141 Å². The normalized spacial score (nSPS) is 12.7. The van der Waals surface area contributed by atoms with E-state index in [1.54, 1.807) is 97.1 Å². The van der Waals surface area contributed by atoms with Gasteiger partial charge in [-0.2, -0.15) is 0 Å². The molecular formula is C68H84N12O9S4V. The van der Waals surface area contributed by atoms with Gasteiger partial charge in [0.1, 0.15) is 0 Å². The minimum atomic E-state index is -3.91. The van der Waals surface area contributed by atoms with Crippen LogP contribution in [0, 0.1) is 0 Å². The van der Waals surface area contributed by atoms with Crippen LogP contribution in [0.25, 0.3) is 90.9 Å². The summed E-state index contributed by atoms with van der Waals surface area (Å²) in [5.74, 6) is 0. The maximum atomic E-state index is 13.8. The van der Waals surface area contributed by atoms with E-state index in [2.05, 4.69) is 38.5 Å². The van der Waals surface area contributed by atoms with Crippen LogP contribution in [-0.4, -0.2) is 168 Å². The second-order valence-corrected chi connectivity index (χ2v) is 29.2. The van der Waals surface area contributed by atoms with Crippen molar-refractivity contribution in [2.24, 2.45) is 0 Å². The summed E-state index contributed by atoms with van der Waals surface area (Å²) in [5, 5.41) is 0. The zero-order valence-electron chi connectivity index (χ0n) is 54.5. The number of benzene rings is 4. The van der Waals surface area contributed by atoms with Crippen molar-refractivity contribution in [3.63, 3.8) is 0 Å². The topological polar surface area (TPSA) is 280 Å². The number of hydrogen-bond acceptors (Lipinski definition) is 14. The number of rotatable bonds is 32. The van der Waals surface area contributed by atoms with Gasteiger partial charge >= 0.3 is 18.6 Å². The molecule has 94 heavy (non-hydrogen) atoms. The van der Waals surface area contributed by atoms with Gasteiger partial charge in [-0.25, -0.2) is 62.5 Å². The van der Waals surface area contributed by atoms with Crippen molar-refractivity contribution < 1.29 is 57.7 Å². The third kappa shape index (κ3) is 17.7. The van der Waals surface area contributed by atoms with E-state index in [0.717, 1.165) is 52.4 Å². The summed E-state index contributed by atoms with van der Waals surface area (Å²) < 4.78 is 121. The van der Waals surface area contributed by atoms with Crippen LogP contribution < -0.4 is 28.9 Å². The summed E-state index contributed by atoms with van der Waals surface area (Å²) in [5.41, 5.74) is 8.51. The zero-order chi connectivity index (χ0) is 65.8. The van der Waals surface area contributed by atoms with Gasteiger partial charge in [0.2, 0.25) is 40.1 Å². The third-order valence-corrected chi connectivity index (χ3v) is 22.8. The van der Waals surface area contributed by atoms with Crippen LogP contribution in [0.3, 0.4) is 0 Å². The van der Waals surface area contributed by atoms with Crippen LogP contribution in [0.2, 0.25) is 0 Å². The molecule has 0 unspecified atom stereocenters. The Hall–Kier alpha value is -6.50. The van der Waals surface area contributed by atoms with Gasteiger partial charge in [0.15, 0.2) is 0 Å². The van der Waals surface area contributed by atoms with Crippen molar-refractivity contribution in [2.45, 2.75) is 75.0 Å². The van der Waals surface area contributed by atoms with Crippen LogP contribution in [0.1, 0.15) is 78.2 Å². The first kappa shape index (κ1) is 74.9. The first-order valence-electron chi connectivity index (χ1n) is 31.5. The van der Waals surface area contributed by atoms with Gasteiger partial charge in [-0.05, 0) is 170 Å². The number of nitrogens with zero attached hydrogens (tertiary/aromatic N) is 8. The van der Waals surface area contributed by atoms with Crippen LogP contribution in [0.5, 0.6) is 0 Å². The second kappa shape index (κ2) is 33.4. The van der Waals surface area contributed by atoms with Crippen molar-refractivity contribution in [3.8, 4) is 44.5 Å². The summed E-state index contributed by atoms with van der Waals surface area (Å²) in [7, 11) is -15.6. The van der Waals surface area contributed by atoms with Gasteiger partial charge in [-0.1, -0.05) is 128 Å². The fraction of sp³-hybridized carbons (Fsp3) is 0.353.